The summed E-state index contributed by atoms with van der Waals surface area (Å²) >= 11 is 6.10. The highest BCUT2D eigenvalue weighted by Crippen LogP contribution is 2.26. The number of hydrogen-bond acceptors (Lipinski definition) is 2. The Hall–Kier alpha value is -2.68. The quantitative estimate of drug-likeness (QED) is 0.371. The molecule has 1 aromatic carbocycles. The maximum atomic E-state index is 10.2. The van der Waals surface area contributed by atoms with Gasteiger partial charge in [-0.05, 0) is 93.5 Å². The van der Waals surface area contributed by atoms with Gasteiger partial charge in [-0.15, -0.1) is 0 Å². The van der Waals surface area contributed by atoms with E-state index in [9.17, 15) is 5.11 Å². The van der Waals surface area contributed by atoms with Crippen LogP contribution in [0.25, 0.3) is 17.0 Å². The minimum Gasteiger partial charge on any atom is -0.386 e. The van der Waals surface area contributed by atoms with E-state index in [2.05, 4.69) is 42.4 Å². The molecule has 2 aromatic rings. The Morgan fingerprint density at radius 2 is 1.84 bits per heavy atom. The Morgan fingerprint density at radius 3 is 2.47 bits per heavy atom. The number of aromatic nitrogens is 1. The molecule has 0 aliphatic rings. The van der Waals surface area contributed by atoms with Gasteiger partial charge in [0.05, 0.1) is 16.8 Å². The fourth-order valence-electron chi connectivity index (χ4n) is 3.40. The van der Waals surface area contributed by atoms with Gasteiger partial charge in [-0.25, -0.2) is 4.98 Å². The number of aliphatic hydroxyl groups is 1. The summed E-state index contributed by atoms with van der Waals surface area (Å²) in [5.41, 5.74) is 5.03. The maximum Gasteiger partial charge on any atom is 0.0837 e. The molecule has 0 spiro atoms. The molecule has 32 heavy (non-hydrogen) atoms. The first-order chi connectivity index (χ1) is 15.2. The summed E-state index contributed by atoms with van der Waals surface area (Å²) in [6, 6.07) is 9.79. The topological polar surface area (TPSA) is 33.1 Å². The number of allylic oxidation sites excluding steroid dienone is 7. The fraction of sp³-hybridized carbons (Fsp3) is 0.276. The van der Waals surface area contributed by atoms with Crippen LogP contribution in [-0.4, -0.2) is 15.7 Å². The van der Waals surface area contributed by atoms with Crippen molar-refractivity contribution in [2.24, 2.45) is 0 Å². The van der Waals surface area contributed by atoms with E-state index in [0.717, 1.165) is 52.6 Å². The summed E-state index contributed by atoms with van der Waals surface area (Å²) in [4.78, 5) is 4.68. The van der Waals surface area contributed by atoms with Gasteiger partial charge < -0.3 is 5.11 Å². The summed E-state index contributed by atoms with van der Waals surface area (Å²) < 4.78 is 0. The zero-order valence-electron chi connectivity index (χ0n) is 19.7. The summed E-state index contributed by atoms with van der Waals surface area (Å²) in [5, 5.41) is 12.0. The Labute approximate surface area is 198 Å². The van der Waals surface area contributed by atoms with Crippen LogP contribution in [0.2, 0.25) is 5.02 Å². The van der Waals surface area contributed by atoms with Crippen LogP contribution in [0.5, 0.6) is 0 Å². The lowest BCUT2D eigenvalue weighted by Crippen LogP contribution is -2.22. The normalized spacial score (nSPS) is 13.8. The van der Waals surface area contributed by atoms with Crippen LogP contribution in [0, 0.1) is 0 Å². The summed E-state index contributed by atoms with van der Waals surface area (Å²) in [6.07, 6.45) is 15.0. The van der Waals surface area contributed by atoms with E-state index in [-0.39, 0.29) is 0 Å². The van der Waals surface area contributed by atoms with E-state index >= 15 is 0 Å². The lowest BCUT2D eigenvalue weighted by molar-refractivity contribution is 0.122. The van der Waals surface area contributed by atoms with Crippen LogP contribution >= 0.6 is 11.6 Å². The number of fused-ring (bicyclic) bond motifs is 1. The fourth-order valence-corrected chi connectivity index (χ4v) is 3.57. The van der Waals surface area contributed by atoms with Gasteiger partial charge >= 0.3 is 0 Å². The highest BCUT2D eigenvalue weighted by Gasteiger charge is 2.19. The van der Waals surface area contributed by atoms with Gasteiger partial charge in [-0.1, -0.05) is 67.3 Å². The molecule has 0 aliphatic heterocycles. The first-order valence-electron chi connectivity index (χ1n) is 11.0. The maximum absolute atomic E-state index is 10.2. The number of hydrogen-bond donors (Lipinski definition) is 1. The lowest BCUT2D eigenvalue weighted by atomic mass is 9.89. The monoisotopic (exact) mass is 447 g/mol. The molecule has 0 aliphatic carbocycles. The molecule has 1 heterocycles. The zero-order valence-corrected chi connectivity index (χ0v) is 20.4. The van der Waals surface area contributed by atoms with Crippen LogP contribution in [0.15, 0.2) is 96.2 Å². The Balaban J connectivity index is 2.07. The van der Waals surface area contributed by atoms with Crippen molar-refractivity contribution in [2.75, 3.05) is 0 Å². The molecule has 0 atom stereocenters. The van der Waals surface area contributed by atoms with Crippen molar-refractivity contribution in [2.45, 2.75) is 52.6 Å². The second-order valence-corrected chi connectivity index (χ2v) is 8.76. The van der Waals surface area contributed by atoms with Gasteiger partial charge in [0.25, 0.3) is 0 Å². The first kappa shape index (κ1) is 25.6. The average molecular weight is 448 g/mol. The standard InChI is InChI=1S/C29H34ClNO/c1-7-22(11-10-12-24(9-3)21(4)29(5,6)32)19-23(8-2)13-17-27-18-15-25-14-16-26(30)20-28(25)31-27/h7-9,13-20,32H,1,4,10-12H2,2-3,5-6H3/b17-13+,22-19+,23-8-,24-9-. The molecule has 0 saturated heterocycles. The minimum atomic E-state index is -0.899. The Bertz CT molecular complexity index is 1090. The van der Waals surface area contributed by atoms with Crippen molar-refractivity contribution in [1.29, 1.82) is 0 Å². The SMILES string of the molecule is C=C\C(=C/C(=C\C)/C=C/c1ccc2ccc(Cl)cc2n1)CCC/C(=C/C)C(=C)C(C)(C)O. The Kier molecular flexibility index (Phi) is 9.43. The van der Waals surface area contributed by atoms with E-state index in [1.807, 2.05) is 56.3 Å². The molecule has 0 saturated carbocycles. The summed E-state index contributed by atoms with van der Waals surface area (Å²) in [6.45, 7) is 15.6. The Morgan fingerprint density at radius 1 is 1.12 bits per heavy atom. The van der Waals surface area contributed by atoms with Gasteiger partial charge in [0.1, 0.15) is 0 Å². The van der Waals surface area contributed by atoms with Gasteiger partial charge in [0.2, 0.25) is 0 Å². The molecule has 0 fully saturated rings. The molecular formula is C29H34ClNO. The third-order valence-electron chi connectivity index (χ3n) is 5.46. The molecule has 1 N–H and O–H groups in total. The molecule has 0 unspecified atom stereocenters. The molecule has 1 aromatic heterocycles. The highest BCUT2D eigenvalue weighted by atomic mass is 35.5. The number of nitrogens with zero attached hydrogens (tertiary/aromatic N) is 1. The van der Waals surface area contributed by atoms with Crippen molar-refractivity contribution in [3.05, 3.63) is 107 Å². The van der Waals surface area contributed by atoms with Crippen LogP contribution in [0.4, 0.5) is 0 Å². The third kappa shape index (κ3) is 7.47. The van der Waals surface area contributed by atoms with Crippen molar-refractivity contribution < 1.29 is 5.11 Å². The molecule has 0 radical (unpaired) electrons. The largest absolute Gasteiger partial charge is 0.386 e. The van der Waals surface area contributed by atoms with Crippen LogP contribution in [0.1, 0.15) is 52.7 Å². The molecule has 0 amide bonds. The smallest absolute Gasteiger partial charge is 0.0837 e. The molecule has 2 rings (SSSR count). The van der Waals surface area contributed by atoms with E-state index in [1.54, 1.807) is 13.8 Å². The number of benzene rings is 1. The van der Waals surface area contributed by atoms with Crippen LogP contribution in [0.3, 0.4) is 0 Å². The molecular weight excluding hydrogens is 414 g/mol. The summed E-state index contributed by atoms with van der Waals surface area (Å²) in [7, 11) is 0. The number of halogens is 1. The molecule has 168 valence electrons. The van der Waals surface area contributed by atoms with Crippen LogP contribution in [-0.2, 0) is 0 Å². The third-order valence-corrected chi connectivity index (χ3v) is 5.69. The van der Waals surface area contributed by atoms with E-state index in [4.69, 9.17) is 11.6 Å². The van der Waals surface area contributed by atoms with Crippen molar-refractivity contribution >= 4 is 28.6 Å². The van der Waals surface area contributed by atoms with Crippen molar-refractivity contribution in [3.8, 4) is 0 Å². The zero-order chi connectivity index (χ0) is 23.7. The van der Waals surface area contributed by atoms with E-state index < -0.39 is 5.60 Å². The predicted molar refractivity (Wildman–Crippen MR) is 141 cm³/mol. The molecule has 3 heteroatoms. The lowest BCUT2D eigenvalue weighted by Gasteiger charge is -2.23. The van der Waals surface area contributed by atoms with Gasteiger partial charge in [-0.3, -0.25) is 0 Å². The average Bonchev–Trinajstić information content (AvgIpc) is 2.76. The van der Waals surface area contributed by atoms with Gasteiger partial charge in [0, 0.05) is 10.4 Å². The summed E-state index contributed by atoms with van der Waals surface area (Å²) in [5.74, 6) is 0. The number of pyridine rings is 1. The van der Waals surface area contributed by atoms with Crippen LogP contribution < -0.4 is 0 Å². The molecule has 0 bridgehead atoms. The van der Waals surface area contributed by atoms with E-state index in [0.29, 0.717) is 5.02 Å². The predicted octanol–water partition coefficient (Wildman–Crippen LogP) is 8.40. The minimum absolute atomic E-state index is 0.686. The first-order valence-corrected chi connectivity index (χ1v) is 11.4. The van der Waals surface area contributed by atoms with E-state index in [1.165, 1.54) is 5.57 Å². The van der Waals surface area contributed by atoms with Gasteiger partial charge in [0.15, 0.2) is 0 Å². The van der Waals surface area contributed by atoms with Crippen molar-refractivity contribution in [3.63, 3.8) is 0 Å². The molecule has 2 nitrogen and oxygen atoms in total. The number of rotatable bonds is 10. The van der Waals surface area contributed by atoms with Gasteiger partial charge in [-0.2, -0.15) is 0 Å². The second-order valence-electron chi connectivity index (χ2n) is 8.32. The second kappa shape index (κ2) is 11.8. The van der Waals surface area contributed by atoms with Crippen molar-refractivity contribution in [1.82, 2.24) is 4.98 Å². The highest BCUT2D eigenvalue weighted by molar-refractivity contribution is 6.31.